The van der Waals surface area contributed by atoms with Crippen molar-refractivity contribution in [2.75, 3.05) is 50.2 Å². The fraction of sp³-hybridized carbons (Fsp3) is 0.265. The highest BCUT2D eigenvalue weighted by Gasteiger charge is 2.26. The number of benzene rings is 4. The highest BCUT2D eigenvalue weighted by molar-refractivity contribution is 7.99. The molecule has 4 aromatic carbocycles. The smallest absolute Gasteiger partial charge is 0.293 e. The Kier molecular flexibility index (Phi) is 11.9. The average Bonchev–Trinajstić information content (AvgIpc) is 3.09. The molecule has 50 heavy (non-hydrogen) atoms. The van der Waals surface area contributed by atoms with Crippen LogP contribution in [0.15, 0.2) is 106 Å². The molecular weight excluding hydrogens is 708 g/mol. The molecule has 0 unspecified atom stereocenters. The number of halogens is 1. The van der Waals surface area contributed by atoms with E-state index >= 15 is 0 Å². The molecular formula is C34H35FN4O8S3. The highest BCUT2D eigenvalue weighted by Crippen LogP contribution is 2.31. The summed E-state index contributed by atoms with van der Waals surface area (Å²) in [6, 6.07) is 21.5. The summed E-state index contributed by atoms with van der Waals surface area (Å²) in [4.78, 5) is 27.1. The van der Waals surface area contributed by atoms with Crippen LogP contribution in [0.3, 0.4) is 0 Å². The van der Waals surface area contributed by atoms with Crippen molar-refractivity contribution in [1.29, 1.82) is 0 Å². The Labute approximate surface area is 294 Å². The highest BCUT2D eigenvalue weighted by atomic mass is 32.2. The largest absolute Gasteiger partial charge is 0.379 e. The third-order valence-electron chi connectivity index (χ3n) is 7.95. The summed E-state index contributed by atoms with van der Waals surface area (Å²) in [6.45, 7) is 3.56. The van der Waals surface area contributed by atoms with Crippen LogP contribution in [0, 0.1) is 15.9 Å². The third-order valence-corrected chi connectivity index (χ3v) is 11.6. The van der Waals surface area contributed by atoms with E-state index in [-0.39, 0.29) is 27.8 Å². The summed E-state index contributed by atoms with van der Waals surface area (Å²) in [5, 5.41) is 15.4. The first-order chi connectivity index (χ1) is 23.8. The maximum atomic E-state index is 13.5. The fourth-order valence-corrected chi connectivity index (χ4v) is 8.24. The molecule has 1 amide bonds. The number of carbonyl (C=O) groups excluding carboxylic acids is 1. The molecule has 16 heteroatoms. The number of anilines is 1. The van der Waals surface area contributed by atoms with E-state index in [4.69, 9.17) is 4.74 Å². The van der Waals surface area contributed by atoms with Gasteiger partial charge in [0.05, 0.1) is 27.9 Å². The number of ether oxygens (including phenoxy) is 1. The summed E-state index contributed by atoms with van der Waals surface area (Å²) in [5.74, 6) is -1.09. The summed E-state index contributed by atoms with van der Waals surface area (Å²) in [5.41, 5.74) is -0.100. The van der Waals surface area contributed by atoms with E-state index in [2.05, 4.69) is 10.2 Å². The summed E-state index contributed by atoms with van der Waals surface area (Å²) >= 11 is 1.59. The van der Waals surface area contributed by atoms with E-state index in [0.717, 1.165) is 61.1 Å². The Morgan fingerprint density at radius 3 is 2.34 bits per heavy atom. The van der Waals surface area contributed by atoms with Gasteiger partial charge in [-0.25, -0.2) is 25.9 Å². The van der Waals surface area contributed by atoms with E-state index < -0.39 is 47.1 Å². The molecule has 2 N–H and O–H groups in total. The minimum atomic E-state index is -4.64. The number of hydrogen-bond acceptors (Lipinski definition) is 11. The van der Waals surface area contributed by atoms with Crippen molar-refractivity contribution < 1.29 is 35.7 Å². The quantitative estimate of drug-likeness (QED) is 0.0989. The number of nitrogens with zero attached hydrogens (tertiary/aromatic N) is 2. The van der Waals surface area contributed by atoms with Gasteiger partial charge in [-0.15, -0.1) is 11.8 Å². The van der Waals surface area contributed by atoms with Crippen LogP contribution in [-0.4, -0.2) is 83.5 Å². The van der Waals surface area contributed by atoms with E-state index in [1.54, 1.807) is 11.8 Å². The number of sulfonamides is 1. The predicted octanol–water partition coefficient (Wildman–Crippen LogP) is 5.22. The molecule has 4 aromatic rings. The number of carbonyl (C=O) groups is 1. The second kappa shape index (κ2) is 16.1. The molecule has 1 saturated heterocycles. The van der Waals surface area contributed by atoms with E-state index in [1.165, 1.54) is 30.3 Å². The van der Waals surface area contributed by atoms with Gasteiger partial charge in [-0.2, -0.15) is 0 Å². The molecule has 0 aliphatic carbocycles. The van der Waals surface area contributed by atoms with Gasteiger partial charge in [0, 0.05) is 59.8 Å². The number of nitro benzene ring substituents is 1. The van der Waals surface area contributed by atoms with E-state index in [0.29, 0.717) is 31.0 Å². The zero-order chi connectivity index (χ0) is 35.9. The fourth-order valence-electron chi connectivity index (χ4n) is 5.32. The molecule has 0 saturated carbocycles. The maximum Gasteiger partial charge on any atom is 0.293 e. The number of thioether (sulfide) groups is 1. The minimum Gasteiger partial charge on any atom is -0.379 e. The van der Waals surface area contributed by atoms with Crippen LogP contribution in [-0.2, 0) is 24.6 Å². The van der Waals surface area contributed by atoms with Crippen molar-refractivity contribution in [2.45, 2.75) is 27.1 Å². The van der Waals surface area contributed by atoms with Crippen LogP contribution in [0.5, 0.6) is 0 Å². The number of nitro groups is 1. The Bertz CT molecular complexity index is 2060. The summed E-state index contributed by atoms with van der Waals surface area (Å²) in [7, 11) is -8.56. The average molecular weight is 743 g/mol. The molecule has 1 heterocycles. The van der Waals surface area contributed by atoms with Crippen LogP contribution < -0.4 is 10.0 Å². The van der Waals surface area contributed by atoms with Gasteiger partial charge in [-0.1, -0.05) is 36.4 Å². The van der Waals surface area contributed by atoms with Crippen molar-refractivity contribution in [3.8, 4) is 11.1 Å². The second-order valence-electron chi connectivity index (χ2n) is 11.6. The summed E-state index contributed by atoms with van der Waals surface area (Å²) in [6.07, 6.45) is 1.58. The Morgan fingerprint density at radius 2 is 1.68 bits per heavy atom. The number of rotatable bonds is 14. The first kappa shape index (κ1) is 36.9. The molecule has 0 spiro atoms. The summed E-state index contributed by atoms with van der Waals surface area (Å²) < 4.78 is 72.6. The molecule has 1 aliphatic heterocycles. The van der Waals surface area contributed by atoms with Gasteiger partial charge < -0.3 is 10.1 Å². The van der Waals surface area contributed by atoms with Gasteiger partial charge in [0.1, 0.15) is 11.5 Å². The topological polar surface area (TPSA) is 165 Å². The lowest BCUT2D eigenvalue weighted by molar-refractivity contribution is -0.384. The zero-order valence-corrected chi connectivity index (χ0v) is 29.4. The lowest BCUT2D eigenvalue weighted by Crippen LogP contribution is -2.39. The van der Waals surface area contributed by atoms with Crippen molar-refractivity contribution in [3.05, 3.63) is 112 Å². The zero-order valence-electron chi connectivity index (χ0n) is 27.0. The SMILES string of the molecule is CS(=O)(=O)c1cc(C(=O)NS(=O)(=O)c2ccc(N[C@H](CCN3CCOCC3)CSc3ccccc3)c([N+](=O)[O-])c2)ccc1-c1ccc(F)cc1. The van der Waals surface area contributed by atoms with Gasteiger partial charge in [-0.3, -0.25) is 19.8 Å². The molecule has 0 bridgehead atoms. The first-order valence-corrected chi connectivity index (χ1v) is 19.9. The number of hydrogen-bond donors (Lipinski definition) is 2. The second-order valence-corrected chi connectivity index (χ2v) is 16.3. The molecule has 12 nitrogen and oxygen atoms in total. The van der Waals surface area contributed by atoms with Gasteiger partial charge in [0.25, 0.3) is 21.6 Å². The molecule has 1 atom stereocenters. The standard InChI is InChI=1S/C34H35FN4O8S3/c1-49(43,44)33-21-25(9-13-30(33)24-7-10-26(35)11-8-24)34(40)37-50(45,46)29-12-14-31(32(22-29)39(41)42)36-27(15-16-38-17-19-47-20-18-38)23-48-28-5-3-2-4-6-28/h2-14,21-22,27,36H,15-20,23H2,1H3,(H,37,40)/t27-/m1/s1. The van der Waals surface area contributed by atoms with Crippen molar-refractivity contribution in [2.24, 2.45) is 0 Å². The van der Waals surface area contributed by atoms with Crippen LogP contribution in [0.4, 0.5) is 15.8 Å². The monoisotopic (exact) mass is 742 g/mol. The van der Waals surface area contributed by atoms with Crippen LogP contribution >= 0.6 is 11.8 Å². The number of morpholine rings is 1. The molecule has 1 fully saturated rings. The van der Waals surface area contributed by atoms with Crippen LogP contribution in [0.25, 0.3) is 11.1 Å². The van der Waals surface area contributed by atoms with Crippen molar-refractivity contribution in [1.82, 2.24) is 9.62 Å². The van der Waals surface area contributed by atoms with E-state index in [1.807, 2.05) is 35.1 Å². The Morgan fingerprint density at radius 1 is 0.980 bits per heavy atom. The normalized spacial score (nSPS) is 14.5. The number of nitrogens with one attached hydrogen (secondary N) is 2. The van der Waals surface area contributed by atoms with E-state index in [9.17, 15) is 36.1 Å². The Hall–Kier alpha value is -4.35. The molecule has 1 aliphatic rings. The number of amides is 1. The number of sulfone groups is 1. The minimum absolute atomic E-state index is 0.120. The predicted molar refractivity (Wildman–Crippen MR) is 189 cm³/mol. The van der Waals surface area contributed by atoms with Gasteiger partial charge in [0.2, 0.25) is 0 Å². The van der Waals surface area contributed by atoms with Gasteiger partial charge in [0.15, 0.2) is 9.84 Å². The Balaban J connectivity index is 1.36. The van der Waals surface area contributed by atoms with Gasteiger partial charge >= 0.3 is 0 Å². The van der Waals surface area contributed by atoms with Crippen molar-refractivity contribution in [3.63, 3.8) is 0 Å². The van der Waals surface area contributed by atoms with Crippen LogP contribution in [0.1, 0.15) is 16.8 Å². The van der Waals surface area contributed by atoms with Crippen LogP contribution in [0.2, 0.25) is 0 Å². The molecule has 264 valence electrons. The maximum absolute atomic E-state index is 13.5. The lowest BCUT2D eigenvalue weighted by atomic mass is 10.0. The molecule has 0 aromatic heterocycles. The third kappa shape index (κ3) is 9.66. The molecule has 5 rings (SSSR count). The van der Waals surface area contributed by atoms with Gasteiger partial charge in [-0.05, 0) is 60.5 Å². The molecule has 0 radical (unpaired) electrons. The first-order valence-electron chi connectivity index (χ1n) is 15.5. The lowest BCUT2D eigenvalue weighted by Gasteiger charge is -2.29. The van der Waals surface area contributed by atoms with Crippen molar-refractivity contribution >= 4 is 48.9 Å².